The van der Waals surface area contributed by atoms with Gasteiger partial charge >= 0.3 is 0 Å². The summed E-state index contributed by atoms with van der Waals surface area (Å²) >= 11 is 0. The van der Waals surface area contributed by atoms with E-state index in [4.69, 9.17) is 0 Å². The molecular weight excluding hydrogens is 304 g/mol. The van der Waals surface area contributed by atoms with Gasteiger partial charge in [0.2, 0.25) is 0 Å². The smallest absolute Gasteiger partial charge is 0.254 e. The minimum absolute atomic E-state index is 0.145. The molecule has 0 heterocycles. The molecule has 0 aliphatic carbocycles. The first-order chi connectivity index (χ1) is 10.5. The number of amidine groups is 1. The van der Waals surface area contributed by atoms with Gasteiger partial charge in [-0.15, -0.1) is 0 Å². The van der Waals surface area contributed by atoms with Gasteiger partial charge in [-0.25, -0.2) is 4.99 Å². The van der Waals surface area contributed by atoms with E-state index in [2.05, 4.69) is 4.99 Å². The van der Waals surface area contributed by atoms with Gasteiger partial charge in [-0.05, 0) is 37.0 Å². The molecule has 1 aromatic carbocycles. The van der Waals surface area contributed by atoms with E-state index in [1.807, 2.05) is 83.2 Å². The Labute approximate surface area is 141 Å². The molecule has 0 saturated heterocycles. The van der Waals surface area contributed by atoms with Gasteiger partial charge in [0.25, 0.3) is 5.91 Å². The summed E-state index contributed by atoms with van der Waals surface area (Å²) in [6, 6.07) is 9.74. The highest BCUT2D eigenvalue weighted by Crippen LogP contribution is 2.44. The summed E-state index contributed by atoms with van der Waals surface area (Å²) in [5, 5.41) is -0.287. The van der Waals surface area contributed by atoms with Crippen molar-refractivity contribution in [3.63, 3.8) is 0 Å². The normalized spacial score (nSPS) is 14.5. The summed E-state index contributed by atoms with van der Waals surface area (Å²) in [6.45, 7) is 9.77. The van der Waals surface area contributed by atoms with E-state index in [0.717, 1.165) is 5.56 Å². The number of hydrogen-bond acceptors (Lipinski definition) is 2. The highest BCUT2D eigenvalue weighted by Gasteiger charge is 2.41. The van der Waals surface area contributed by atoms with Gasteiger partial charge in [0.1, 0.15) is 5.84 Å². The topological polar surface area (TPSA) is 52.9 Å². The number of amides is 1. The van der Waals surface area contributed by atoms with Gasteiger partial charge in [0.05, 0.1) is 5.92 Å². The van der Waals surface area contributed by atoms with Crippen LogP contribution in [0.1, 0.15) is 38.7 Å². The molecule has 5 heteroatoms. The van der Waals surface area contributed by atoms with Crippen LogP contribution in [0.2, 0.25) is 18.1 Å². The first-order valence-corrected chi connectivity index (χ1v) is 10.9. The zero-order valence-electron chi connectivity index (χ0n) is 15.4. The van der Waals surface area contributed by atoms with Crippen molar-refractivity contribution in [1.29, 1.82) is 0 Å². The van der Waals surface area contributed by atoms with Crippen LogP contribution in [0.15, 0.2) is 35.3 Å². The zero-order valence-corrected chi connectivity index (χ0v) is 16.4. The number of hydrogen-bond donors (Lipinski definition) is 1. The molecular formula is C18H30N2O2Si. The van der Waals surface area contributed by atoms with Crippen molar-refractivity contribution < 1.29 is 9.59 Å². The Kier molecular flexibility index (Phi) is 6.30. The monoisotopic (exact) mass is 334 g/mol. The number of nitrogens with zero attached hydrogens (tertiary/aromatic N) is 2. The fraction of sp³-hybridized carbons (Fsp3) is 0.556. The third-order valence-corrected chi connectivity index (χ3v) is 8.31. The number of benzene rings is 1. The van der Waals surface area contributed by atoms with Crippen molar-refractivity contribution in [2.45, 2.75) is 51.2 Å². The zero-order chi connectivity index (χ0) is 17.8. The van der Waals surface area contributed by atoms with Crippen LogP contribution < -0.4 is 0 Å². The number of rotatable bonds is 5. The molecule has 0 spiro atoms. The van der Waals surface area contributed by atoms with Gasteiger partial charge in [0, 0.05) is 14.1 Å². The van der Waals surface area contributed by atoms with Crippen LogP contribution in [0, 0.1) is 0 Å². The van der Waals surface area contributed by atoms with Gasteiger partial charge in [-0.1, -0.05) is 44.2 Å². The molecule has 0 fully saturated rings. The third-order valence-electron chi connectivity index (χ3n) is 4.79. The van der Waals surface area contributed by atoms with E-state index in [9.17, 15) is 9.59 Å². The van der Waals surface area contributed by atoms with Crippen LogP contribution in [0.4, 0.5) is 0 Å². The maximum Gasteiger partial charge on any atom is 0.254 e. The molecule has 0 aliphatic heterocycles. The molecule has 1 amide bonds. The van der Waals surface area contributed by atoms with Crippen molar-refractivity contribution in [1.82, 2.24) is 4.90 Å². The predicted molar refractivity (Wildman–Crippen MR) is 99.3 cm³/mol. The molecule has 0 aromatic heterocycles. The van der Waals surface area contributed by atoms with Gasteiger partial charge in [-0.2, -0.15) is 0 Å². The molecule has 1 atom stereocenters. The predicted octanol–water partition coefficient (Wildman–Crippen LogP) is 3.64. The maximum atomic E-state index is 12.8. The first-order valence-electron chi connectivity index (χ1n) is 7.99. The molecule has 1 N–H and O–H groups in total. The van der Waals surface area contributed by atoms with Crippen LogP contribution in [-0.4, -0.2) is 43.9 Å². The molecule has 0 radical (unpaired) electrons. The van der Waals surface area contributed by atoms with Crippen LogP contribution in [-0.2, 0) is 4.79 Å². The summed E-state index contributed by atoms with van der Waals surface area (Å²) in [4.78, 5) is 29.4. The summed E-state index contributed by atoms with van der Waals surface area (Å²) in [5.74, 6) is 0.211. The van der Waals surface area contributed by atoms with Crippen molar-refractivity contribution in [3.05, 3.63) is 35.9 Å². The van der Waals surface area contributed by atoms with Gasteiger partial charge in [-0.3, -0.25) is 4.79 Å². The largest absolute Gasteiger partial charge is 0.432 e. The lowest BCUT2D eigenvalue weighted by Gasteiger charge is -2.37. The second-order valence-electron chi connectivity index (χ2n) is 7.50. The van der Waals surface area contributed by atoms with Crippen LogP contribution in [0.25, 0.3) is 0 Å². The standard InChI is InChI=1S/C18H30N2O2Si/c1-14(20(4)5)19-17(21)16(15-11-9-8-10-12-15)13-18(2,3)23(6,7)22/h8-12,16,22H,13H2,1-7H3/t16-/m1/s1. The SMILES string of the molecule is CC(=NC(=O)[C@H](CC(C)(C)[Si](C)(C)O)c1ccccc1)N(C)C. The van der Waals surface area contributed by atoms with Crippen molar-refractivity contribution in [2.24, 2.45) is 4.99 Å². The molecule has 23 heavy (non-hydrogen) atoms. The third kappa shape index (κ3) is 5.29. The fourth-order valence-electron chi connectivity index (χ4n) is 2.13. The Hall–Kier alpha value is -1.46. The molecule has 1 rings (SSSR count). The Balaban J connectivity index is 3.19. The molecule has 0 unspecified atom stereocenters. The van der Waals surface area contributed by atoms with E-state index >= 15 is 0 Å². The lowest BCUT2D eigenvalue weighted by molar-refractivity contribution is -0.119. The van der Waals surface area contributed by atoms with E-state index < -0.39 is 8.32 Å². The first kappa shape index (κ1) is 19.6. The fourth-order valence-corrected chi connectivity index (χ4v) is 2.83. The van der Waals surface area contributed by atoms with Crippen molar-refractivity contribution >= 4 is 20.1 Å². The average Bonchev–Trinajstić information content (AvgIpc) is 2.44. The summed E-state index contributed by atoms with van der Waals surface area (Å²) < 4.78 is 0. The van der Waals surface area contributed by atoms with E-state index in [-0.39, 0.29) is 16.9 Å². The average molecular weight is 335 g/mol. The minimum Gasteiger partial charge on any atom is -0.432 e. The molecule has 128 valence electrons. The van der Waals surface area contributed by atoms with Crippen LogP contribution in [0.5, 0.6) is 0 Å². The van der Waals surface area contributed by atoms with Crippen LogP contribution in [0.3, 0.4) is 0 Å². The highest BCUT2D eigenvalue weighted by molar-refractivity contribution is 6.72. The number of carbonyl (C=O) groups excluding carboxylic acids is 1. The lowest BCUT2D eigenvalue weighted by atomic mass is 9.89. The second kappa shape index (κ2) is 7.40. The quantitative estimate of drug-likeness (QED) is 0.508. The lowest BCUT2D eigenvalue weighted by Crippen LogP contribution is -2.40. The summed E-state index contributed by atoms with van der Waals surface area (Å²) in [7, 11) is 1.35. The highest BCUT2D eigenvalue weighted by atomic mass is 28.4. The molecule has 0 saturated carbocycles. The Morgan fingerprint density at radius 2 is 1.78 bits per heavy atom. The Morgan fingerprint density at radius 1 is 1.26 bits per heavy atom. The van der Waals surface area contributed by atoms with Gasteiger partial charge < -0.3 is 9.70 Å². The van der Waals surface area contributed by atoms with Crippen molar-refractivity contribution in [3.8, 4) is 0 Å². The summed E-state index contributed by atoms with van der Waals surface area (Å²) in [5.41, 5.74) is 0.958. The molecule has 1 aromatic rings. The van der Waals surface area contributed by atoms with Crippen LogP contribution >= 0.6 is 0 Å². The Bertz CT molecular complexity index is 560. The minimum atomic E-state index is -2.40. The maximum absolute atomic E-state index is 12.8. The van der Waals surface area contributed by atoms with E-state index in [1.54, 1.807) is 0 Å². The molecule has 0 bridgehead atoms. The van der Waals surface area contributed by atoms with Crippen molar-refractivity contribution in [2.75, 3.05) is 14.1 Å². The molecule has 4 nitrogen and oxygen atoms in total. The molecule has 0 aliphatic rings. The van der Waals surface area contributed by atoms with E-state index in [1.165, 1.54) is 0 Å². The second-order valence-corrected chi connectivity index (χ2v) is 12.0. The Morgan fingerprint density at radius 3 is 2.22 bits per heavy atom. The van der Waals surface area contributed by atoms with Gasteiger partial charge in [0.15, 0.2) is 8.32 Å². The number of aliphatic imine (C=N–C) groups is 1. The van der Waals surface area contributed by atoms with E-state index in [0.29, 0.717) is 12.3 Å². The summed E-state index contributed by atoms with van der Waals surface area (Å²) in [6.07, 6.45) is 0.593. The number of carbonyl (C=O) groups is 1.